The molecule has 1 saturated heterocycles. The molecule has 1 aliphatic carbocycles. The number of aliphatic carboxylic acids is 1. The summed E-state index contributed by atoms with van der Waals surface area (Å²) in [6.45, 7) is 0.959. The molecule has 2 aromatic carbocycles. The summed E-state index contributed by atoms with van der Waals surface area (Å²) < 4.78 is 11.0. The third-order valence-electron chi connectivity index (χ3n) is 6.31. The van der Waals surface area contributed by atoms with Gasteiger partial charge in [0, 0.05) is 25.9 Å². The van der Waals surface area contributed by atoms with Crippen LogP contribution < -0.4 is 5.32 Å². The van der Waals surface area contributed by atoms with Crippen molar-refractivity contribution in [3.8, 4) is 11.1 Å². The second-order valence-electron chi connectivity index (χ2n) is 8.48. The van der Waals surface area contributed by atoms with E-state index in [9.17, 15) is 14.4 Å². The van der Waals surface area contributed by atoms with Gasteiger partial charge in [-0.3, -0.25) is 9.59 Å². The summed E-state index contributed by atoms with van der Waals surface area (Å²) in [6, 6.07) is 15.7. The van der Waals surface area contributed by atoms with Crippen LogP contribution in [-0.2, 0) is 19.1 Å². The van der Waals surface area contributed by atoms with Gasteiger partial charge in [-0.15, -0.1) is 0 Å². The van der Waals surface area contributed by atoms with Crippen LogP contribution >= 0.6 is 0 Å². The number of amides is 2. The Morgan fingerprint density at radius 3 is 2.33 bits per heavy atom. The first kappa shape index (κ1) is 22.8. The Bertz CT molecular complexity index is 994. The lowest BCUT2D eigenvalue weighted by Gasteiger charge is -2.24. The zero-order valence-corrected chi connectivity index (χ0v) is 18.5. The largest absolute Gasteiger partial charge is 0.481 e. The summed E-state index contributed by atoms with van der Waals surface area (Å²) in [6.07, 6.45) is -0.214. The minimum atomic E-state index is -0.894. The Balaban J connectivity index is 1.33. The SMILES string of the molecule is CN(CCCC(=O)O)C(=O)C1COCC1NC(=O)OCC1c2ccccc2-c2ccccc21. The van der Waals surface area contributed by atoms with E-state index in [0.29, 0.717) is 13.0 Å². The highest BCUT2D eigenvalue weighted by molar-refractivity contribution is 5.81. The molecule has 2 aromatic rings. The van der Waals surface area contributed by atoms with E-state index in [1.54, 1.807) is 7.05 Å². The Morgan fingerprint density at radius 1 is 1.06 bits per heavy atom. The molecule has 8 nitrogen and oxygen atoms in total. The molecular formula is C25H28N2O6. The van der Waals surface area contributed by atoms with Crippen LogP contribution in [0.1, 0.15) is 29.9 Å². The normalized spacial score (nSPS) is 18.9. The van der Waals surface area contributed by atoms with Gasteiger partial charge in [-0.25, -0.2) is 4.79 Å². The van der Waals surface area contributed by atoms with E-state index in [-0.39, 0.29) is 38.1 Å². The molecule has 0 spiro atoms. The number of ether oxygens (including phenoxy) is 2. The second kappa shape index (κ2) is 10.0. The lowest BCUT2D eigenvalue weighted by molar-refractivity contribution is -0.138. The van der Waals surface area contributed by atoms with Crippen molar-refractivity contribution in [2.45, 2.75) is 24.8 Å². The van der Waals surface area contributed by atoms with Crippen molar-refractivity contribution in [1.82, 2.24) is 10.2 Å². The standard InChI is InChI=1S/C25H28N2O6/c1-27(12-6-11-23(28)29)24(30)21-13-32-15-22(21)26-25(31)33-14-20-18-9-4-2-7-16(18)17-8-3-5-10-19(17)20/h2-5,7-10,20-22H,6,11-15H2,1H3,(H,26,31)(H,28,29). The molecule has 0 bridgehead atoms. The summed E-state index contributed by atoms with van der Waals surface area (Å²) >= 11 is 0. The Kier molecular flexibility index (Phi) is 6.93. The molecule has 2 unspecified atom stereocenters. The first-order valence-corrected chi connectivity index (χ1v) is 11.1. The maximum atomic E-state index is 12.8. The minimum absolute atomic E-state index is 0.000213. The Morgan fingerprint density at radius 2 is 1.70 bits per heavy atom. The molecule has 0 aromatic heterocycles. The predicted molar refractivity (Wildman–Crippen MR) is 121 cm³/mol. The van der Waals surface area contributed by atoms with E-state index >= 15 is 0 Å². The number of nitrogens with one attached hydrogen (secondary N) is 1. The van der Waals surface area contributed by atoms with Crippen molar-refractivity contribution in [3.05, 3.63) is 59.7 Å². The number of carbonyl (C=O) groups excluding carboxylic acids is 2. The predicted octanol–water partition coefficient (Wildman–Crippen LogP) is 2.86. The van der Waals surface area contributed by atoms with E-state index in [1.165, 1.54) is 4.90 Å². The van der Waals surface area contributed by atoms with Crippen LogP contribution in [0.2, 0.25) is 0 Å². The minimum Gasteiger partial charge on any atom is -0.481 e. The number of alkyl carbamates (subject to hydrolysis) is 1. The van der Waals surface area contributed by atoms with E-state index in [0.717, 1.165) is 22.3 Å². The Hall–Kier alpha value is -3.39. The van der Waals surface area contributed by atoms with Crippen LogP contribution in [-0.4, -0.2) is 67.4 Å². The molecular weight excluding hydrogens is 424 g/mol. The molecule has 33 heavy (non-hydrogen) atoms. The molecule has 1 aliphatic heterocycles. The van der Waals surface area contributed by atoms with Crippen molar-refractivity contribution in [2.24, 2.45) is 5.92 Å². The van der Waals surface area contributed by atoms with E-state index in [4.69, 9.17) is 14.6 Å². The fourth-order valence-corrected chi connectivity index (χ4v) is 4.59. The molecule has 0 saturated carbocycles. The van der Waals surface area contributed by atoms with Gasteiger partial charge in [0.2, 0.25) is 5.91 Å². The van der Waals surface area contributed by atoms with Crippen molar-refractivity contribution in [3.63, 3.8) is 0 Å². The summed E-state index contributed by atoms with van der Waals surface area (Å²) in [7, 11) is 1.63. The molecule has 0 radical (unpaired) electrons. The monoisotopic (exact) mass is 452 g/mol. The molecule has 174 valence electrons. The number of fused-ring (bicyclic) bond motifs is 3. The molecule has 1 fully saturated rings. The first-order valence-electron chi connectivity index (χ1n) is 11.1. The van der Waals surface area contributed by atoms with Crippen LogP contribution in [0.3, 0.4) is 0 Å². The van der Waals surface area contributed by atoms with E-state index in [2.05, 4.69) is 29.6 Å². The molecule has 4 rings (SSSR count). The highest BCUT2D eigenvalue weighted by atomic mass is 16.5. The van der Waals surface area contributed by atoms with Crippen LogP contribution in [0, 0.1) is 5.92 Å². The van der Waals surface area contributed by atoms with Crippen LogP contribution in [0.15, 0.2) is 48.5 Å². The topological polar surface area (TPSA) is 105 Å². The van der Waals surface area contributed by atoms with E-state index in [1.807, 2.05) is 24.3 Å². The van der Waals surface area contributed by atoms with Gasteiger partial charge in [-0.1, -0.05) is 48.5 Å². The third kappa shape index (κ3) is 5.01. The molecule has 2 amide bonds. The van der Waals surface area contributed by atoms with Gasteiger partial charge >= 0.3 is 12.1 Å². The van der Waals surface area contributed by atoms with E-state index < -0.39 is 24.0 Å². The third-order valence-corrected chi connectivity index (χ3v) is 6.31. The fraction of sp³-hybridized carbons (Fsp3) is 0.400. The molecule has 8 heteroatoms. The number of nitrogens with zero attached hydrogens (tertiary/aromatic N) is 1. The van der Waals surface area contributed by atoms with Gasteiger partial charge in [0.05, 0.1) is 25.2 Å². The maximum Gasteiger partial charge on any atom is 0.407 e. The lowest BCUT2D eigenvalue weighted by Crippen LogP contribution is -2.47. The number of hydrogen-bond donors (Lipinski definition) is 2. The number of carboxylic acid groups (broad SMARTS) is 1. The first-order chi connectivity index (χ1) is 16.0. The number of rotatable bonds is 8. The van der Waals surface area contributed by atoms with Crippen molar-refractivity contribution >= 4 is 18.0 Å². The number of carbonyl (C=O) groups is 3. The summed E-state index contributed by atoms with van der Waals surface area (Å²) in [5.41, 5.74) is 4.57. The van der Waals surface area contributed by atoms with Crippen LogP contribution in [0.4, 0.5) is 4.79 Å². The smallest absolute Gasteiger partial charge is 0.407 e. The summed E-state index contributed by atoms with van der Waals surface area (Å²) in [4.78, 5) is 37.5. The zero-order valence-electron chi connectivity index (χ0n) is 18.5. The number of hydrogen-bond acceptors (Lipinski definition) is 5. The van der Waals surface area contributed by atoms with Crippen molar-refractivity contribution in [1.29, 1.82) is 0 Å². The Labute approximate surface area is 192 Å². The fourth-order valence-electron chi connectivity index (χ4n) is 4.59. The van der Waals surface area contributed by atoms with Crippen molar-refractivity contribution in [2.75, 3.05) is 33.4 Å². The van der Waals surface area contributed by atoms with Gasteiger partial charge in [0.1, 0.15) is 6.61 Å². The highest BCUT2D eigenvalue weighted by Crippen LogP contribution is 2.44. The number of benzene rings is 2. The highest BCUT2D eigenvalue weighted by Gasteiger charge is 2.37. The maximum absolute atomic E-state index is 12.8. The van der Waals surface area contributed by atoms with Gasteiger partial charge in [0.15, 0.2) is 0 Å². The van der Waals surface area contributed by atoms with Gasteiger partial charge in [0.25, 0.3) is 0 Å². The number of carboxylic acids is 1. The van der Waals surface area contributed by atoms with Crippen molar-refractivity contribution < 1.29 is 29.0 Å². The van der Waals surface area contributed by atoms with Gasteiger partial charge < -0.3 is 24.8 Å². The van der Waals surface area contributed by atoms with Crippen LogP contribution in [0.5, 0.6) is 0 Å². The average Bonchev–Trinajstić information content (AvgIpc) is 3.39. The summed E-state index contributed by atoms with van der Waals surface area (Å²) in [5, 5.41) is 11.6. The average molecular weight is 453 g/mol. The van der Waals surface area contributed by atoms with Gasteiger partial charge in [-0.05, 0) is 28.7 Å². The van der Waals surface area contributed by atoms with Crippen LogP contribution in [0.25, 0.3) is 11.1 Å². The quantitative estimate of drug-likeness (QED) is 0.638. The summed E-state index contributed by atoms with van der Waals surface area (Å²) in [5.74, 6) is -1.64. The molecule has 2 N–H and O–H groups in total. The van der Waals surface area contributed by atoms with Gasteiger partial charge in [-0.2, -0.15) is 0 Å². The zero-order chi connectivity index (χ0) is 23.4. The molecule has 1 heterocycles. The molecule has 2 aliphatic rings. The lowest BCUT2D eigenvalue weighted by atomic mass is 9.98. The molecule has 2 atom stereocenters. The second-order valence-corrected chi connectivity index (χ2v) is 8.48.